The van der Waals surface area contributed by atoms with Gasteiger partial charge < -0.3 is 4.90 Å². The first-order valence-electron chi connectivity index (χ1n) is 5.27. The highest BCUT2D eigenvalue weighted by atomic mass is 79.9. The van der Waals surface area contributed by atoms with E-state index in [1.165, 1.54) is 0 Å². The van der Waals surface area contributed by atoms with Gasteiger partial charge in [-0.05, 0) is 24.5 Å². The largest absolute Gasteiger partial charge is 0.366 e. The van der Waals surface area contributed by atoms with Crippen LogP contribution in [0.4, 0.5) is 11.4 Å². The summed E-state index contributed by atoms with van der Waals surface area (Å²) in [4.78, 5) is 12.7. The minimum Gasteiger partial charge on any atom is -0.366 e. The molecule has 1 fully saturated rings. The van der Waals surface area contributed by atoms with Crippen molar-refractivity contribution in [3.05, 3.63) is 32.8 Å². The lowest BCUT2D eigenvalue weighted by Gasteiger charge is -2.17. The molecule has 0 amide bonds. The first-order valence-corrected chi connectivity index (χ1v) is 6.06. The Hall–Kier alpha value is -1.10. The van der Waals surface area contributed by atoms with Gasteiger partial charge >= 0.3 is 0 Å². The van der Waals surface area contributed by atoms with Crippen molar-refractivity contribution in [2.45, 2.75) is 13.3 Å². The Labute approximate surface area is 103 Å². The number of rotatable bonds is 2. The van der Waals surface area contributed by atoms with Crippen LogP contribution in [0.25, 0.3) is 0 Å². The number of nitro benzene ring substituents is 1. The molecule has 0 spiro atoms. The van der Waals surface area contributed by atoms with Crippen molar-refractivity contribution in [1.82, 2.24) is 0 Å². The Kier molecular flexibility index (Phi) is 3.14. The number of nitro groups is 1. The van der Waals surface area contributed by atoms with Crippen LogP contribution in [-0.2, 0) is 0 Å². The predicted molar refractivity (Wildman–Crippen MR) is 66.8 cm³/mol. The monoisotopic (exact) mass is 284 g/mol. The van der Waals surface area contributed by atoms with Crippen LogP contribution in [0.3, 0.4) is 0 Å². The van der Waals surface area contributed by atoms with Gasteiger partial charge in [0.25, 0.3) is 5.69 Å². The van der Waals surface area contributed by atoms with Crippen LogP contribution in [0.15, 0.2) is 22.7 Å². The van der Waals surface area contributed by atoms with Crippen molar-refractivity contribution in [2.24, 2.45) is 5.92 Å². The molecule has 1 saturated heterocycles. The number of benzene rings is 1. The number of halogens is 1. The Morgan fingerprint density at radius 3 is 2.88 bits per heavy atom. The Morgan fingerprint density at radius 1 is 1.56 bits per heavy atom. The molecule has 2 rings (SSSR count). The van der Waals surface area contributed by atoms with Crippen LogP contribution < -0.4 is 4.90 Å². The van der Waals surface area contributed by atoms with E-state index in [0.717, 1.165) is 29.7 Å². The van der Waals surface area contributed by atoms with Crippen LogP contribution in [-0.4, -0.2) is 18.0 Å². The molecular weight excluding hydrogens is 272 g/mol. The minimum absolute atomic E-state index is 0.184. The van der Waals surface area contributed by atoms with E-state index in [9.17, 15) is 10.1 Å². The maximum atomic E-state index is 11.0. The molecule has 1 heterocycles. The molecule has 0 bridgehead atoms. The second-order valence-electron chi connectivity index (χ2n) is 4.23. The van der Waals surface area contributed by atoms with E-state index in [2.05, 4.69) is 27.8 Å². The fraction of sp³-hybridized carbons (Fsp3) is 0.455. The molecule has 86 valence electrons. The Bertz CT molecular complexity index is 422. The van der Waals surface area contributed by atoms with Gasteiger partial charge in [0.2, 0.25) is 0 Å². The third kappa shape index (κ3) is 2.19. The van der Waals surface area contributed by atoms with E-state index in [1.807, 2.05) is 12.1 Å². The average Bonchev–Trinajstić information content (AvgIpc) is 2.64. The fourth-order valence-corrected chi connectivity index (χ4v) is 2.41. The zero-order chi connectivity index (χ0) is 11.7. The van der Waals surface area contributed by atoms with Crippen molar-refractivity contribution in [3.63, 3.8) is 0 Å². The van der Waals surface area contributed by atoms with Gasteiger partial charge in [0.05, 0.1) is 4.92 Å². The second-order valence-corrected chi connectivity index (χ2v) is 5.15. The summed E-state index contributed by atoms with van der Waals surface area (Å²) in [6.07, 6.45) is 1.10. The average molecular weight is 285 g/mol. The van der Waals surface area contributed by atoms with Crippen LogP contribution in [0.2, 0.25) is 0 Å². The third-order valence-corrected chi connectivity index (χ3v) is 3.39. The third-order valence-electron chi connectivity index (χ3n) is 2.90. The lowest BCUT2D eigenvalue weighted by molar-refractivity contribution is -0.384. The van der Waals surface area contributed by atoms with Gasteiger partial charge in [0.1, 0.15) is 5.69 Å². The van der Waals surface area contributed by atoms with Crippen LogP contribution in [0.1, 0.15) is 13.3 Å². The van der Waals surface area contributed by atoms with Crippen molar-refractivity contribution < 1.29 is 4.92 Å². The molecule has 1 aromatic rings. The molecular formula is C11H13BrN2O2. The topological polar surface area (TPSA) is 46.4 Å². The van der Waals surface area contributed by atoms with Gasteiger partial charge in [-0.2, -0.15) is 0 Å². The summed E-state index contributed by atoms with van der Waals surface area (Å²) in [7, 11) is 0. The van der Waals surface area contributed by atoms with E-state index >= 15 is 0 Å². The smallest absolute Gasteiger partial charge is 0.293 e. The molecule has 0 aromatic heterocycles. The van der Waals surface area contributed by atoms with Gasteiger partial charge in [-0.1, -0.05) is 22.9 Å². The molecule has 16 heavy (non-hydrogen) atoms. The van der Waals surface area contributed by atoms with Gasteiger partial charge in [0, 0.05) is 23.6 Å². The summed E-state index contributed by atoms with van der Waals surface area (Å²) in [5, 5.41) is 11.0. The molecule has 5 heteroatoms. The molecule has 0 N–H and O–H groups in total. The molecule has 1 aromatic carbocycles. The van der Waals surface area contributed by atoms with Crippen molar-refractivity contribution in [2.75, 3.05) is 18.0 Å². The summed E-state index contributed by atoms with van der Waals surface area (Å²) in [6, 6.07) is 5.24. The van der Waals surface area contributed by atoms with Gasteiger partial charge in [-0.15, -0.1) is 0 Å². The number of anilines is 1. The quantitative estimate of drug-likeness (QED) is 0.619. The maximum Gasteiger partial charge on any atom is 0.293 e. The van der Waals surface area contributed by atoms with E-state index in [0.29, 0.717) is 5.92 Å². The first-order chi connectivity index (χ1) is 7.58. The van der Waals surface area contributed by atoms with Crippen LogP contribution in [0, 0.1) is 16.0 Å². The minimum atomic E-state index is -0.316. The van der Waals surface area contributed by atoms with E-state index in [1.54, 1.807) is 6.07 Å². The molecule has 1 aliphatic rings. The Balaban J connectivity index is 2.36. The number of hydrogen-bond acceptors (Lipinski definition) is 3. The van der Waals surface area contributed by atoms with Gasteiger partial charge in [0.15, 0.2) is 0 Å². The summed E-state index contributed by atoms with van der Waals surface area (Å²) in [6.45, 7) is 3.98. The van der Waals surface area contributed by atoms with Gasteiger partial charge in [-0.3, -0.25) is 10.1 Å². The van der Waals surface area contributed by atoms with Crippen molar-refractivity contribution >= 4 is 27.3 Å². The summed E-state index contributed by atoms with van der Waals surface area (Å²) in [5.41, 5.74) is 0.918. The summed E-state index contributed by atoms with van der Waals surface area (Å²) < 4.78 is 0.746. The first kappa shape index (κ1) is 11.4. The molecule has 1 unspecified atom stereocenters. The molecule has 0 saturated carbocycles. The number of nitrogens with zero attached hydrogens (tertiary/aromatic N) is 2. The number of hydrogen-bond donors (Lipinski definition) is 0. The molecule has 1 aliphatic heterocycles. The highest BCUT2D eigenvalue weighted by Crippen LogP contribution is 2.34. The second kappa shape index (κ2) is 4.41. The van der Waals surface area contributed by atoms with Crippen molar-refractivity contribution in [3.8, 4) is 0 Å². The molecule has 0 radical (unpaired) electrons. The lowest BCUT2D eigenvalue weighted by Crippen LogP contribution is -2.20. The summed E-state index contributed by atoms with van der Waals surface area (Å²) >= 11 is 3.26. The highest BCUT2D eigenvalue weighted by Gasteiger charge is 2.25. The predicted octanol–water partition coefficient (Wildman–Crippen LogP) is 3.20. The Morgan fingerprint density at radius 2 is 2.31 bits per heavy atom. The SMILES string of the molecule is CC1CCN(c2ccc(Br)cc2[N+](=O)[O-])C1. The van der Waals surface area contributed by atoms with Crippen LogP contribution in [0.5, 0.6) is 0 Å². The van der Waals surface area contributed by atoms with Crippen molar-refractivity contribution in [1.29, 1.82) is 0 Å². The fourth-order valence-electron chi connectivity index (χ4n) is 2.06. The molecule has 1 atom stereocenters. The lowest BCUT2D eigenvalue weighted by atomic mass is 10.2. The maximum absolute atomic E-state index is 11.0. The zero-order valence-electron chi connectivity index (χ0n) is 9.02. The highest BCUT2D eigenvalue weighted by molar-refractivity contribution is 9.10. The molecule has 0 aliphatic carbocycles. The van der Waals surface area contributed by atoms with Gasteiger partial charge in [-0.25, -0.2) is 0 Å². The standard InChI is InChI=1S/C11H13BrN2O2/c1-8-4-5-13(7-8)10-3-2-9(12)6-11(10)14(15)16/h2-3,6,8H,4-5,7H2,1H3. The van der Waals surface area contributed by atoms with E-state index in [-0.39, 0.29) is 10.6 Å². The zero-order valence-corrected chi connectivity index (χ0v) is 10.6. The molecule has 4 nitrogen and oxygen atoms in total. The normalized spacial score (nSPS) is 20.1. The summed E-state index contributed by atoms with van der Waals surface area (Å²) in [5.74, 6) is 0.614. The van der Waals surface area contributed by atoms with Crippen LogP contribution >= 0.6 is 15.9 Å². The van der Waals surface area contributed by atoms with E-state index < -0.39 is 0 Å². The van der Waals surface area contributed by atoms with E-state index in [4.69, 9.17) is 0 Å².